The lowest BCUT2D eigenvalue weighted by Crippen LogP contribution is -2.54. The van der Waals surface area contributed by atoms with Gasteiger partial charge in [0.25, 0.3) is 0 Å². The number of carbonyl (C=O) groups excluding carboxylic acids is 2. The normalized spacial score (nSPS) is 48.9. The summed E-state index contributed by atoms with van der Waals surface area (Å²) in [7, 11) is 0. The van der Waals surface area contributed by atoms with Crippen LogP contribution in [-0.4, -0.2) is 24.0 Å². The van der Waals surface area contributed by atoms with Crippen molar-refractivity contribution >= 4 is 11.8 Å². The number of rotatable bonds is 1. The van der Waals surface area contributed by atoms with Gasteiger partial charge in [-0.05, 0) is 73.3 Å². The van der Waals surface area contributed by atoms with Gasteiger partial charge in [0, 0.05) is 18.8 Å². The maximum Gasteiger partial charge on any atom is 0.302 e. The highest BCUT2D eigenvalue weighted by atomic mass is 19.1. The first-order valence-electron chi connectivity index (χ1n) is 9.82. The Hall–Kier alpha value is -1.19. The Labute approximate surface area is 149 Å². The molecule has 0 amide bonds. The second-order valence-electron chi connectivity index (χ2n) is 9.28. The zero-order valence-corrected chi connectivity index (χ0v) is 15.5. The van der Waals surface area contributed by atoms with Crippen molar-refractivity contribution in [1.82, 2.24) is 0 Å². The molecule has 0 bridgehead atoms. The number of hydrogen-bond acceptors (Lipinski definition) is 3. The Kier molecular flexibility index (Phi) is 3.90. The van der Waals surface area contributed by atoms with E-state index in [1.165, 1.54) is 6.92 Å². The van der Waals surface area contributed by atoms with Crippen LogP contribution in [0.1, 0.15) is 65.7 Å². The van der Waals surface area contributed by atoms with E-state index in [9.17, 15) is 9.59 Å². The zero-order chi connectivity index (χ0) is 18.0. The Balaban J connectivity index is 1.66. The van der Waals surface area contributed by atoms with Crippen molar-refractivity contribution in [3.05, 3.63) is 11.6 Å². The number of ketones is 1. The zero-order valence-electron chi connectivity index (χ0n) is 15.5. The van der Waals surface area contributed by atoms with Crippen LogP contribution in [0.15, 0.2) is 11.6 Å². The predicted molar refractivity (Wildman–Crippen MR) is 92.5 cm³/mol. The number of esters is 1. The van der Waals surface area contributed by atoms with Gasteiger partial charge < -0.3 is 4.74 Å². The maximum atomic E-state index is 15.1. The number of ether oxygens (including phenoxy) is 1. The summed E-state index contributed by atoms with van der Waals surface area (Å²) < 4.78 is 20.7. The molecule has 2 unspecified atom stereocenters. The van der Waals surface area contributed by atoms with Crippen molar-refractivity contribution < 1.29 is 18.7 Å². The molecule has 0 aromatic heterocycles. The van der Waals surface area contributed by atoms with Gasteiger partial charge in [-0.15, -0.1) is 0 Å². The predicted octanol–water partition coefficient (Wildman–Crippen LogP) is 4.40. The third-order valence-corrected chi connectivity index (χ3v) is 8.16. The Morgan fingerprint density at radius 3 is 2.68 bits per heavy atom. The average molecular weight is 348 g/mol. The van der Waals surface area contributed by atoms with Gasteiger partial charge >= 0.3 is 5.97 Å². The maximum absolute atomic E-state index is 15.1. The second-order valence-corrected chi connectivity index (χ2v) is 9.28. The molecule has 0 N–H and O–H groups in total. The topological polar surface area (TPSA) is 43.4 Å². The molecule has 3 nitrogen and oxygen atoms in total. The van der Waals surface area contributed by atoms with Gasteiger partial charge in [-0.2, -0.15) is 0 Å². The summed E-state index contributed by atoms with van der Waals surface area (Å²) in [5.41, 5.74) is 0.578. The molecule has 4 rings (SSSR count). The molecule has 7 atom stereocenters. The van der Waals surface area contributed by atoms with Crippen LogP contribution in [0.5, 0.6) is 0 Å². The quantitative estimate of drug-likeness (QED) is 0.660. The molecule has 0 saturated heterocycles. The minimum atomic E-state index is -0.995. The summed E-state index contributed by atoms with van der Waals surface area (Å²) >= 11 is 0. The molecule has 0 spiro atoms. The lowest BCUT2D eigenvalue weighted by Gasteiger charge is -2.58. The molecule has 4 aliphatic carbocycles. The van der Waals surface area contributed by atoms with E-state index in [0.29, 0.717) is 30.6 Å². The first-order valence-corrected chi connectivity index (χ1v) is 9.82. The summed E-state index contributed by atoms with van der Waals surface area (Å²) in [6.45, 7) is 5.92. The van der Waals surface area contributed by atoms with Crippen LogP contribution in [0, 0.1) is 28.6 Å². The average Bonchev–Trinajstić information content (AvgIpc) is 2.86. The van der Waals surface area contributed by atoms with Gasteiger partial charge in [0.05, 0.1) is 0 Å². The van der Waals surface area contributed by atoms with Crippen LogP contribution in [0.25, 0.3) is 0 Å². The van der Waals surface area contributed by atoms with Crippen LogP contribution < -0.4 is 0 Å². The van der Waals surface area contributed by atoms with E-state index in [1.807, 2.05) is 0 Å². The van der Waals surface area contributed by atoms with Crippen molar-refractivity contribution in [3.8, 4) is 0 Å². The Bertz CT molecular complexity index is 641. The second kappa shape index (κ2) is 5.65. The highest BCUT2D eigenvalue weighted by molar-refractivity contribution is 5.91. The number of carbonyl (C=O) groups is 2. The van der Waals surface area contributed by atoms with E-state index < -0.39 is 6.17 Å². The van der Waals surface area contributed by atoms with Crippen LogP contribution in [0.2, 0.25) is 0 Å². The summed E-state index contributed by atoms with van der Waals surface area (Å²) in [5, 5.41) is 0. The van der Waals surface area contributed by atoms with Gasteiger partial charge in [0.15, 0.2) is 5.78 Å². The molecule has 0 radical (unpaired) electrons. The third-order valence-electron chi connectivity index (χ3n) is 8.16. The molecule has 25 heavy (non-hydrogen) atoms. The SMILES string of the molecule is CC(=O)OC1CC[C@H]2[C@@H]3CC(F)C4=CC(=O)CC[C@]4(C)[C@@H]3CC[C@]12C. The molecule has 0 aromatic rings. The molecule has 4 aliphatic rings. The molecular formula is C21H29FO3. The largest absolute Gasteiger partial charge is 0.462 e. The van der Waals surface area contributed by atoms with Crippen molar-refractivity contribution in [1.29, 1.82) is 0 Å². The minimum Gasteiger partial charge on any atom is -0.462 e. The number of fused-ring (bicyclic) bond motifs is 5. The summed E-state index contributed by atoms with van der Waals surface area (Å²) in [6, 6.07) is 0. The van der Waals surface area contributed by atoms with Crippen molar-refractivity contribution in [3.63, 3.8) is 0 Å². The van der Waals surface area contributed by atoms with Gasteiger partial charge in [-0.1, -0.05) is 13.8 Å². The third kappa shape index (κ3) is 2.43. The minimum absolute atomic E-state index is 0.0192. The van der Waals surface area contributed by atoms with E-state index in [4.69, 9.17) is 4.74 Å². The highest BCUT2D eigenvalue weighted by Gasteiger charge is 2.61. The fourth-order valence-electron chi connectivity index (χ4n) is 6.90. The van der Waals surface area contributed by atoms with E-state index >= 15 is 4.39 Å². The molecule has 0 aromatic carbocycles. The van der Waals surface area contributed by atoms with Crippen molar-refractivity contribution in [2.75, 3.05) is 0 Å². The van der Waals surface area contributed by atoms with Crippen molar-refractivity contribution in [2.45, 2.75) is 78.0 Å². The monoisotopic (exact) mass is 348 g/mol. The van der Waals surface area contributed by atoms with Crippen molar-refractivity contribution in [2.24, 2.45) is 28.6 Å². The molecule has 3 fully saturated rings. The summed E-state index contributed by atoms with van der Waals surface area (Å²) in [5.74, 6) is 1.09. The van der Waals surface area contributed by atoms with E-state index in [0.717, 1.165) is 37.7 Å². The molecular weight excluding hydrogens is 319 g/mol. The fourth-order valence-corrected chi connectivity index (χ4v) is 6.90. The first-order chi connectivity index (χ1) is 11.8. The van der Waals surface area contributed by atoms with Gasteiger partial charge in [0.1, 0.15) is 12.3 Å². The summed E-state index contributed by atoms with van der Waals surface area (Å²) in [6.07, 6.45) is 6.48. The Morgan fingerprint density at radius 1 is 1.20 bits per heavy atom. The molecule has 4 heteroatoms. The standard InChI is InChI=1S/C21H29FO3/c1-12(23)25-19-5-4-15-14-11-18(22)17-10-13(24)6-8-20(17,2)16(14)7-9-21(15,19)3/h10,14-16,18-19H,4-9,11H2,1-3H3/t14-,15-,16+,18?,19?,20+,21-/m0/s1. The first kappa shape index (κ1) is 17.2. The van der Waals surface area contributed by atoms with E-state index in [2.05, 4.69) is 13.8 Å². The van der Waals surface area contributed by atoms with Crippen LogP contribution in [0.3, 0.4) is 0 Å². The van der Waals surface area contributed by atoms with Crippen LogP contribution in [-0.2, 0) is 14.3 Å². The van der Waals surface area contributed by atoms with Crippen LogP contribution >= 0.6 is 0 Å². The highest BCUT2D eigenvalue weighted by Crippen LogP contribution is 2.65. The molecule has 3 saturated carbocycles. The van der Waals surface area contributed by atoms with E-state index in [-0.39, 0.29) is 28.7 Å². The van der Waals surface area contributed by atoms with E-state index in [1.54, 1.807) is 6.08 Å². The lowest BCUT2D eigenvalue weighted by molar-refractivity contribution is -0.157. The fraction of sp³-hybridized carbons (Fsp3) is 0.810. The van der Waals surface area contributed by atoms with Gasteiger partial charge in [0.2, 0.25) is 0 Å². The Morgan fingerprint density at radius 2 is 1.96 bits per heavy atom. The number of hydrogen-bond donors (Lipinski definition) is 0. The number of allylic oxidation sites excluding steroid dienone is 1. The van der Waals surface area contributed by atoms with Crippen LogP contribution in [0.4, 0.5) is 4.39 Å². The number of alkyl halides is 1. The summed E-state index contributed by atoms with van der Waals surface area (Å²) in [4.78, 5) is 23.4. The molecule has 138 valence electrons. The molecule has 0 heterocycles. The number of halogens is 1. The van der Waals surface area contributed by atoms with Gasteiger partial charge in [-0.3, -0.25) is 9.59 Å². The smallest absolute Gasteiger partial charge is 0.302 e. The molecule has 0 aliphatic heterocycles. The van der Waals surface area contributed by atoms with Gasteiger partial charge in [-0.25, -0.2) is 4.39 Å². The lowest BCUT2D eigenvalue weighted by atomic mass is 9.47.